The van der Waals surface area contributed by atoms with Gasteiger partial charge in [0.05, 0.1) is 17.6 Å². The maximum atomic E-state index is 11.2. The lowest BCUT2D eigenvalue weighted by Crippen LogP contribution is -2.25. The van der Waals surface area contributed by atoms with E-state index in [1.165, 1.54) is 6.20 Å². The number of nitrogens with one attached hydrogen (secondary N) is 2. The van der Waals surface area contributed by atoms with Crippen LogP contribution in [0.1, 0.15) is 10.6 Å². The van der Waals surface area contributed by atoms with Crippen molar-refractivity contribution in [2.75, 3.05) is 11.9 Å². The standard InChI is InChI=1S/C12H9N3O4/c16-10-5-19-9-2-1-6(3-7(9)14-10)8-4-13-11(15-8)12(17)18/h1-4H,5H2,(H,13,15)(H,14,16)(H,17,18). The number of nitrogens with zero attached hydrogens (tertiary/aromatic N) is 1. The number of carbonyl (C=O) groups excluding carboxylic acids is 1. The number of fused-ring (bicyclic) bond motifs is 1. The first-order valence-electron chi connectivity index (χ1n) is 5.49. The number of benzene rings is 1. The molecule has 1 aromatic heterocycles. The van der Waals surface area contributed by atoms with Gasteiger partial charge in [-0.2, -0.15) is 0 Å². The summed E-state index contributed by atoms with van der Waals surface area (Å²) < 4.78 is 5.24. The minimum Gasteiger partial charge on any atom is -0.482 e. The van der Waals surface area contributed by atoms with Crippen molar-refractivity contribution in [2.45, 2.75) is 0 Å². The number of hydrogen-bond donors (Lipinski definition) is 3. The lowest BCUT2D eigenvalue weighted by atomic mass is 10.1. The number of imidazole rings is 1. The molecule has 0 unspecified atom stereocenters. The number of rotatable bonds is 2. The molecule has 0 saturated heterocycles. The van der Waals surface area contributed by atoms with Crippen LogP contribution in [0.5, 0.6) is 5.75 Å². The predicted molar refractivity (Wildman–Crippen MR) is 65.1 cm³/mol. The second-order valence-electron chi connectivity index (χ2n) is 4.00. The number of carbonyl (C=O) groups is 2. The van der Waals surface area contributed by atoms with E-state index in [1.54, 1.807) is 18.2 Å². The average molecular weight is 259 g/mol. The molecule has 2 heterocycles. The molecule has 1 aliphatic rings. The molecular formula is C12H9N3O4. The predicted octanol–water partition coefficient (Wildman–Crippen LogP) is 1.11. The topological polar surface area (TPSA) is 104 Å². The highest BCUT2D eigenvalue weighted by atomic mass is 16.5. The van der Waals surface area contributed by atoms with Crippen molar-refractivity contribution in [3.05, 3.63) is 30.2 Å². The van der Waals surface area contributed by atoms with E-state index in [1.807, 2.05) is 0 Å². The number of hydrogen-bond acceptors (Lipinski definition) is 4. The smallest absolute Gasteiger partial charge is 0.371 e. The van der Waals surface area contributed by atoms with Gasteiger partial charge in [-0.05, 0) is 18.2 Å². The maximum absolute atomic E-state index is 11.2. The van der Waals surface area contributed by atoms with Gasteiger partial charge in [0, 0.05) is 5.56 Å². The van der Waals surface area contributed by atoms with E-state index in [0.717, 1.165) is 0 Å². The Morgan fingerprint density at radius 2 is 2.26 bits per heavy atom. The van der Waals surface area contributed by atoms with Crippen molar-refractivity contribution < 1.29 is 19.4 Å². The van der Waals surface area contributed by atoms with Gasteiger partial charge < -0.3 is 20.1 Å². The minimum atomic E-state index is -1.12. The number of amides is 1. The molecule has 0 bridgehead atoms. The Hall–Kier alpha value is -2.83. The molecule has 1 aliphatic heterocycles. The minimum absolute atomic E-state index is 0.000430. The summed E-state index contributed by atoms with van der Waals surface area (Å²) >= 11 is 0. The van der Waals surface area contributed by atoms with E-state index in [-0.39, 0.29) is 18.3 Å². The zero-order valence-corrected chi connectivity index (χ0v) is 9.64. The molecule has 0 aliphatic carbocycles. The van der Waals surface area contributed by atoms with Crippen molar-refractivity contribution in [1.82, 2.24) is 9.97 Å². The number of carboxylic acid groups (broad SMARTS) is 1. The number of H-pyrrole nitrogens is 1. The summed E-state index contributed by atoms with van der Waals surface area (Å²) in [5.41, 5.74) is 1.82. The molecule has 96 valence electrons. The number of anilines is 1. The van der Waals surface area contributed by atoms with Gasteiger partial charge in [0.15, 0.2) is 6.61 Å². The van der Waals surface area contributed by atoms with E-state index < -0.39 is 5.97 Å². The summed E-state index contributed by atoms with van der Waals surface area (Å²) in [6.45, 7) is -0.000430. The van der Waals surface area contributed by atoms with Crippen molar-refractivity contribution >= 4 is 17.6 Å². The highest BCUT2D eigenvalue weighted by Crippen LogP contribution is 2.31. The van der Waals surface area contributed by atoms with Gasteiger partial charge in [0.25, 0.3) is 5.91 Å². The molecule has 0 fully saturated rings. The van der Waals surface area contributed by atoms with Crippen LogP contribution >= 0.6 is 0 Å². The number of aromatic carboxylic acids is 1. The number of aromatic nitrogens is 2. The number of aromatic amines is 1. The summed E-state index contributed by atoms with van der Waals surface area (Å²) in [5, 5.41) is 11.5. The van der Waals surface area contributed by atoms with Crippen LogP contribution in [0.25, 0.3) is 11.3 Å². The molecule has 2 aromatic rings. The fourth-order valence-corrected chi connectivity index (χ4v) is 1.83. The van der Waals surface area contributed by atoms with E-state index >= 15 is 0 Å². The molecule has 19 heavy (non-hydrogen) atoms. The highest BCUT2D eigenvalue weighted by molar-refractivity contribution is 5.96. The van der Waals surface area contributed by atoms with Crippen molar-refractivity contribution in [1.29, 1.82) is 0 Å². The van der Waals surface area contributed by atoms with Gasteiger partial charge in [0.1, 0.15) is 5.75 Å². The van der Waals surface area contributed by atoms with Crippen LogP contribution in [0.3, 0.4) is 0 Å². The zero-order chi connectivity index (χ0) is 13.4. The molecule has 0 radical (unpaired) electrons. The third kappa shape index (κ3) is 2.01. The first-order chi connectivity index (χ1) is 9.13. The summed E-state index contributed by atoms with van der Waals surface area (Å²) in [6, 6.07) is 5.17. The quantitative estimate of drug-likeness (QED) is 0.749. The van der Waals surface area contributed by atoms with Gasteiger partial charge in [-0.15, -0.1) is 0 Å². The van der Waals surface area contributed by atoms with Crippen LogP contribution in [-0.2, 0) is 4.79 Å². The van der Waals surface area contributed by atoms with Crippen molar-refractivity contribution in [3.63, 3.8) is 0 Å². The Balaban J connectivity index is 1.99. The lowest BCUT2D eigenvalue weighted by Gasteiger charge is -2.18. The van der Waals surface area contributed by atoms with Crippen LogP contribution in [-0.4, -0.2) is 33.6 Å². The normalized spacial score (nSPS) is 13.4. The monoisotopic (exact) mass is 259 g/mol. The first-order valence-corrected chi connectivity index (χ1v) is 5.49. The maximum Gasteiger partial charge on any atom is 0.371 e. The SMILES string of the molecule is O=C1COc2ccc(-c3cnc(C(=O)O)[nH]3)cc2N1. The summed E-state index contributed by atoms with van der Waals surface area (Å²) in [6.07, 6.45) is 1.43. The molecular weight excluding hydrogens is 250 g/mol. The summed E-state index contributed by atoms with van der Waals surface area (Å²) in [4.78, 5) is 28.4. The molecule has 3 N–H and O–H groups in total. The fourth-order valence-electron chi connectivity index (χ4n) is 1.83. The van der Waals surface area contributed by atoms with Gasteiger partial charge in [-0.3, -0.25) is 4.79 Å². The summed E-state index contributed by atoms with van der Waals surface area (Å²) in [5.74, 6) is -0.893. The van der Waals surface area contributed by atoms with E-state index in [0.29, 0.717) is 22.7 Å². The zero-order valence-electron chi connectivity index (χ0n) is 9.64. The molecule has 7 heteroatoms. The molecule has 7 nitrogen and oxygen atoms in total. The van der Waals surface area contributed by atoms with Crippen LogP contribution in [0.15, 0.2) is 24.4 Å². The van der Waals surface area contributed by atoms with Crippen molar-refractivity contribution in [3.8, 4) is 17.0 Å². The molecule has 0 saturated carbocycles. The van der Waals surface area contributed by atoms with Crippen LogP contribution < -0.4 is 10.1 Å². The van der Waals surface area contributed by atoms with Crippen LogP contribution in [0, 0.1) is 0 Å². The van der Waals surface area contributed by atoms with Gasteiger partial charge in [-0.25, -0.2) is 9.78 Å². The van der Waals surface area contributed by atoms with E-state index in [9.17, 15) is 9.59 Å². The Labute approximate surface area is 107 Å². The number of ether oxygens (including phenoxy) is 1. The lowest BCUT2D eigenvalue weighted by molar-refractivity contribution is -0.118. The highest BCUT2D eigenvalue weighted by Gasteiger charge is 2.17. The molecule has 3 rings (SSSR count). The van der Waals surface area contributed by atoms with E-state index in [2.05, 4.69) is 15.3 Å². The third-order valence-corrected chi connectivity index (χ3v) is 2.70. The fraction of sp³-hybridized carbons (Fsp3) is 0.0833. The Morgan fingerprint density at radius 1 is 1.42 bits per heavy atom. The first kappa shape index (κ1) is 11.3. The molecule has 1 aromatic carbocycles. The summed E-state index contributed by atoms with van der Waals surface area (Å²) in [7, 11) is 0. The second-order valence-corrected chi connectivity index (χ2v) is 4.00. The van der Waals surface area contributed by atoms with Gasteiger partial charge in [0.2, 0.25) is 5.82 Å². The van der Waals surface area contributed by atoms with E-state index in [4.69, 9.17) is 9.84 Å². The molecule has 0 atom stereocenters. The average Bonchev–Trinajstić information content (AvgIpc) is 2.87. The Bertz CT molecular complexity index is 677. The second kappa shape index (κ2) is 4.13. The Kier molecular flexibility index (Phi) is 2.45. The van der Waals surface area contributed by atoms with Crippen LogP contribution in [0.2, 0.25) is 0 Å². The van der Waals surface area contributed by atoms with Crippen molar-refractivity contribution in [2.24, 2.45) is 0 Å². The van der Waals surface area contributed by atoms with Gasteiger partial charge in [-0.1, -0.05) is 0 Å². The van der Waals surface area contributed by atoms with Crippen LogP contribution in [0.4, 0.5) is 5.69 Å². The third-order valence-electron chi connectivity index (χ3n) is 2.70. The van der Waals surface area contributed by atoms with Gasteiger partial charge >= 0.3 is 5.97 Å². The Morgan fingerprint density at radius 3 is 3.00 bits per heavy atom. The number of carboxylic acids is 1. The largest absolute Gasteiger partial charge is 0.482 e. The molecule has 1 amide bonds. The molecule has 0 spiro atoms.